The van der Waals surface area contributed by atoms with E-state index in [0.717, 1.165) is 0 Å². The van der Waals surface area contributed by atoms with Crippen molar-refractivity contribution in [3.05, 3.63) is 12.1 Å². The van der Waals surface area contributed by atoms with E-state index in [9.17, 15) is 8.42 Å². The van der Waals surface area contributed by atoms with Gasteiger partial charge in [0.2, 0.25) is 5.75 Å². The minimum Gasteiger partial charge on any atom is -0.493 e. The molecular weight excluding hydrogens is 501 g/mol. The topological polar surface area (TPSA) is 107 Å². The van der Waals surface area contributed by atoms with Crippen molar-refractivity contribution >= 4 is 45.5 Å². The molecular formula is C17H30IN3O6S. The Hall–Kier alpha value is -1.47. The fraction of sp³-hybridized carbons (Fsp3) is 0.588. The first-order chi connectivity index (χ1) is 12.8. The Morgan fingerprint density at radius 3 is 2.14 bits per heavy atom. The second-order valence-electron chi connectivity index (χ2n) is 5.54. The maximum atomic E-state index is 11.1. The van der Waals surface area contributed by atoms with Gasteiger partial charge in [-0.1, -0.05) is 0 Å². The van der Waals surface area contributed by atoms with Gasteiger partial charge in [-0.15, -0.1) is 24.0 Å². The molecule has 0 fully saturated rings. The molecule has 1 aromatic rings. The standard InChI is InChI=1S/C17H29N3O6S.HI/c1-6-18-17(19-7-8-26-9-10-27(5,21)22)20-13-11-14(23-2)16(25-4)15(12-13)24-3;/h11-12H,6-10H2,1-5H3,(H2,18,19,20);1H. The second-order valence-corrected chi connectivity index (χ2v) is 7.80. The number of sulfone groups is 1. The number of methoxy groups -OCH3 is 3. The number of hydrogen-bond acceptors (Lipinski definition) is 7. The van der Waals surface area contributed by atoms with Crippen LogP contribution in [0.5, 0.6) is 17.2 Å². The van der Waals surface area contributed by atoms with Crippen LogP contribution in [-0.4, -0.2) is 74.0 Å². The van der Waals surface area contributed by atoms with Crippen molar-refractivity contribution in [2.24, 2.45) is 4.99 Å². The van der Waals surface area contributed by atoms with Gasteiger partial charge in [0.15, 0.2) is 17.5 Å². The quantitative estimate of drug-likeness (QED) is 0.193. The lowest BCUT2D eigenvalue weighted by atomic mass is 10.2. The molecule has 1 rings (SSSR count). The molecule has 0 saturated carbocycles. The summed E-state index contributed by atoms with van der Waals surface area (Å²) in [5.41, 5.74) is 0.710. The van der Waals surface area contributed by atoms with E-state index in [1.165, 1.54) is 6.26 Å². The Bertz CT molecular complexity index is 703. The maximum Gasteiger partial charge on any atom is 0.203 e. The van der Waals surface area contributed by atoms with Gasteiger partial charge in [-0.05, 0) is 6.92 Å². The number of aliphatic imine (C=N–C) groups is 1. The van der Waals surface area contributed by atoms with Gasteiger partial charge in [0.05, 0.1) is 46.8 Å². The van der Waals surface area contributed by atoms with Crippen LogP contribution in [0.3, 0.4) is 0 Å². The van der Waals surface area contributed by atoms with Gasteiger partial charge < -0.3 is 29.6 Å². The lowest BCUT2D eigenvalue weighted by Crippen LogP contribution is -2.31. The first-order valence-corrected chi connectivity index (χ1v) is 10.5. The Morgan fingerprint density at radius 2 is 1.68 bits per heavy atom. The third kappa shape index (κ3) is 9.64. The molecule has 0 aliphatic carbocycles. The molecule has 2 N–H and O–H groups in total. The molecule has 11 heteroatoms. The molecule has 0 aliphatic heterocycles. The summed E-state index contributed by atoms with van der Waals surface area (Å²) in [7, 11) is 1.63. The summed E-state index contributed by atoms with van der Waals surface area (Å²) in [6, 6.07) is 3.55. The highest BCUT2D eigenvalue weighted by molar-refractivity contribution is 14.0. The smallest absolute Gasteiger partial charge is 0.203 e. The lowest BCUT2D eigenvalue weighted by Gasteiger charge is -2.16. The molecule has 0 heterocycles. The number of ether oxygens (including phenoxy) is 4. The van der Waals surface area contributed by atoms with E-state index in [-0.39, 0.29) is 36.3 Å². The number of nitrogens with one attached hydrogen (secondary N) is 2. The molecule has 0 saturated heterocycles. The SMILES string of the molecule is CCNC(=NCCOCCS(C)(=O)=O)Nc1cc(OC)c(OC)c(OC)c1.I. The van der Waals surface area contributed by atoms with Gasteiger partial charge in [0, 0.05) is 30.6 Å². The summed E-state index contributed by atoms with van der Waals surface area (Å²) in [6.07, 6.45) is 1.18. The molecule has 0 unspecified atom stereocenters. The van der Waals surface area contributed by atoms with Crippen LogP contribution in [0.4, 0.5) is 5.69 Å². The molecule has 162 valence electrons. The third-order valence-electron chi connectivity index (χ3n) is 3.38. The van der Waals surface area contributed by atoms with Crippen LogP contribution in [0.25, 0.3) is 0 Å². The second kappa shape index (κ2) is 13.7. The van der Waals surface area contributed by atoms with E-state index >= 15 is 0 Å². The van der Waals surface area contributed by atoms with E-state index in [1.54, 1.807) is 33.5 Å². The zero-order valence-corrected chi connectivity index (χ0v) is 20.1. The van der Waals surface area contributed by atoms with Gasteiger partial charge in [0.25, 0.3) is 0 Å². The van der Waals surface area contributed by atoms with E-state index in [4.69, 9.17) is 18.9 Å². The number of rotatable bonds is 11. The van der Waals surface area contributed by atoms with Gasteiger partial charge in [-0.3, -0.25) is 4.99 Å². The first-order valence-electron chi connectivity index (χ1n) is 8.45. The van der Waals surface area contributed by atoms with Crippen molar-refractivity contribution in [2.75, 3.05) is 65.0 Å². The zero-order valence-electron chi connectivity index (χ0n) is 16.9. The summed E-state index contributed by atoms with van der Waals surface area (Å²) in [5, 5.41) is 6.29. The molecule has 0 atom stereocenters. The molecule has 0 radical (unpaired) electrons. The van der Waals surface area contributed by atoms with E-state index in [1.807, 2.05) is 6.92 Å². The van der Waals surface area contributed by atoms with Crippen molar-refractivity contribution in [1.29, 1.82) is 0 Å². The zero-order chi connectivity index (χ0) is 20.3. The lowest BCUT2D eigenvalue weighted by molar-refractivity contribution is 0.157. The molecule has 0 amide bonds. The number of nitrogens with zero attached hydrogens (tertiary/aromatic N) is 1. The molecule has 0 bridgehead atoms. The average Bonchev–Trinajstić information content (AvgIpc) is 2.62. The van der Waals surface area contributed by atoms with Gasteiger partial charge in [-0.25, -0.2) is 8.42 Å². The number of halogens is 1. The van der Waals surface area contributed by atoms with Crippen LogP contribution < -0.4 is 24.8 Å². The van der Waals surface area contributed by atoms with Crippen molar-refractivity contribution in [3.63, 3.8) is 0 Å². The Morgan fingerprint density at radius 1 is 1.07 bits per heavy atom. The fourth-order valence-electron chi connectivity index (χ4n) is 2.13. The van der Waals surface area contributed by atoms with Crippen LogP contribution in [0, 0.1) is 0 Å². The summed E-state index contributed by atoms with van der Waals surface area (Å²) >= 11 is 0. The molecule has 9 nitrogen and oxygen atoms in total. The van der Waals surface area contributed by atoms with E-state index < -0.39 is 9.84 Å². The Kier molecular flexibility index (Phi) is 12.9. The normalized spacial score (nSPS) is 11.4. The summed E-state index contributed by atoms with van der Waals surface area (Å²) < 4.78 is 43.4. The minimum atomic E-state index is -3.02. The van der Waals surface area contributed by atoms with E-state index in [2.05, 4.69) is 15.6 Å². The Balaban J connectivity index is 0.00000729. The number of benzene rings is 1. The van der Waals surface area contributed by atoms with Crippen molar-refractivity contribution in [2.45, 2.75) is 6.92 Å². The summed E-state index contributed by atoms with van der Waals surface area (Å²) in [6.45, 7) is 3.48. The molecule has 0 aliphatic rings. The highest BCUT2D eigenvalue weighted by Crippen LogP contribution is 2.39. The number of hydrogen-bond donors (Lipinski definition) is 2. The molecule has 0 spiro atoms. The van der Waals surface area contributed by atoms with Crippen LogP contribution >= 0.6 is 24.0 Å². The monoisotopic (exact) mass is 531 g/mol. The number of anilines is 1. The largest absolute Gasteiger partial charge is 0.493 e. The number of guanidine groups is 1. The first kappa shape index (κ1) is 26.5. The molecule has 0 aromatic heterocycles. The predicted molar refractivity (Wildman–Crippen MR) is 122 cm³/mol. The van der Waals surface area contributed by atoms with Crippen LogP contribution in [0.2, 0.25) is 0 Å². The summed E-state index contributed by atoms with van der Waals surface area (Å²) in [4.78, 5) is 4.40. The maximum absolute atomic E-state index is 11.1. The van der Waals surface area contributed by atoms with Crippen LogP contribution in [-0.2, 0) is 14.6 Å². The fourth-order valence-corrected chi connectivity index (χ4v) is 2.55. The third-order valence-corrected chi connectivity index (χ3v) is 4.28. The molecule has 1 aromatic carbocycles. The van der Waals surface area contributed by atoms with Gasteiger partial charge >= 0.3 is 0 Å². The summed E-state index contributed by atoms with van der Waals surface area (Å²) in [5.74, 6) is 2.12. The van der Waals surface area contributed by atoms with Crippen LogP contribution in [0.1, 0.15) is 6.92 Å². The predicted octanol–water partition coefficient (Wildman–Crippen LogP) is 1.77. The molecule has 28 heavy (non-hydrogen) atoms. The van der Waals surface area contributed by atoms with Crippen molar-refractivity contribution in [1.82, 2.24) is 5.32 Å². The van der Waals surface area contributed by atoms with Crippen LogP contribution in [0.15, 0.2) is 17.1 Å². The van der Waals surface area contributed by atoms with Crippen molar-refractivity contribution < 1.29 is 27.4 Å². The van der Waals surface area contributed by atoms with Gasteiger partial charge in [0.1, 0.15) is 9.84 Å². The average molecular weight is 531 g/mol. The highest BCUT2D eigenvalue weighted by atomic mass is 127. The Labute approximate surface area is 184 Å². The van der Waals surface area contributed by atoms with E-state index in [0.29, 0.717) is 48.6 Å². The minimum absolute atomic E-state index is 0. The van der Waals surface area contributed by atoms with Crippen molar-refractivity contribution in [3.8, 4) is 17.2 Å². The highest BCUT2D eigenvalue weighted by Gasteiger charge is 2.14. The van der Waals surface area contributed by atoms with Gasteiger partial charge in [-0.2, -0.15) is 0 Å².